The molecule has 0 fully saturated rings. The molecule has 1 aromatic carbocycles. The minimum atomic E-state index is -1.09. The van der Waals surface area contributed by atoms with E-state index in [1.54, 1.807) is 0 Å². The van der Waals surface area contributed by atoms with Gasteiger partial charge in [0.2, 0.25) is 0 Å². The fourth-order valence-corrected chi connectivity index (χ4v) is 0.745. The number of carboxylic acids is 1. The van der Waals surface area contributed by atoms with Crippen molar-refractivity contribution in [3.63, 3.8) is 0 Å². The van der Waals surface area contributed by atoms with Gasteiger partial charge in [-0.1, -0.05) is 5.46 Å². The Morgan fingerprint density at radius 2 is 2.09 bits per heavy atom. The van der Waals surface area contributed by atoms with E-state index in [-0.39, 0.29) is 16.8 Å². The topological polar surface area (TPSA) is 57.5 Å². The summed E-state index contributed by atoms with van der Waals surface area (Å²) in [5.41, 5.74) is 0.0697. The molecule has 0 heterocycles. The molecule has 0 aromatic heterocycles. The van der Waals surface area contributed by atoms with E-state index in [0.29, 0.717) is 0 Å². The molecule has 4 heteroatoms. The first kappa shape index (κ1) is 7.66. The third kappa shape index (κ3) is 1.52. The molecule has 1 rings (SSSR count). The van der Waals surface area contributed by atoms with E-state index in [0.717, 1.165) is 0 Å². The van der Waals surface area contributed by atoms with Gasteiger partial charge in [0.25, 0.3) is 0 Å². The molecule has 0 saturated heterocycles. The monoisotopic (exact) mass is 148 g/mol. The van der Waals surface area contributed by atoms with Crippen molar-refractivity contribution in [3.05, 3.63) is 23.8 Å². The molecule has 54 valence electrons. The number of hydrogen-bond donors (Lipinski definition) is 2. The summed E-state index contributed by atoms with van der Waals surface area (Å²) in [7, 11) is 5.28. The number of aromatic carboxylic acids is 1. The van der Waals surface area contributed by atoms with Crippen molar-refractivity contribution >= 4 is 19.3 Å². The molecule has 0 saturated carbocycles. The molecule has 0 atom stereocenters. The molecular formula is C7H5BO3. The summed E-state index contributed by atoms with van der Waals surface area (Å²) in [6.45, 7) is 0. The normalized spacial score (nSPS) is 9.45. The summed E-state index contributed by atoms with van der Waals surface area (Å²) < 4.78 is 0. The Hall–Kier alpha value is -1.45. The molecule has 11 heavy (non-hydrogen) atoms. The zero-order valence-electron chi connectivity index (χ0n) is 5.61. The van der Waals surface area contributed by atoms with E-state index >= 15 is 0 Å². The number of phenols is 1. The van der Waals surface area contributed by atoms with Gasteiger partial charge in [0.05, 0.1) is 5.56 Å². The zero-order chi connectivity index (χ0) is 8.43. The van der Waals surface area contributed by atoms with Gasteiger partial charge in [-0.25, -0.2) is 4.79 Å². The molecule has 1 aromatic rings. The second-order valence-electron chi connectivity index (χ2n) is 2.08. The highest BCUT2D eigenvalue weighted by Gasteiger charge is 2.05. The van der Waals surface area contributed by atoms with Crippen molar-refractivity contribution < 1.29 is 15.0 Å². The van der Waals surface area contributed by atoms with Crippen LogP contribution in [0.15, 0.2) is 18.2 Å². The van der Waals surface area contributed by atoms with Gasteiger partial charge in [-0.2, -0.15) is 0 Å². The van der Waals surface area contributed by atoms with Gasteiger partial charge in [0.1, 0.15) is 13.6 Å². The summed E-state index contributed by atoms with van der Waals surface area (Å²) in [6, 6.07) is 3.73. The average Bonchev–Trinajstić information content (AvgIpc) is 1.85. The Morgan fingerprint density at radius 3 is 2.55 bits per heavy atom. The van der Waals surface area contributed by atoms with Crippen LogP contribution in [0.5, 0.6) is 5.75 Å². The highest BCUT2D eigenvalue weighted by molar-refractivity contribution is 6.36. The predicted octanol–water partition coefficient (Wildman–Crippen LogP) is -0.116. The lowest BCUT2D eigenvalue weighted by Gasteiger charge is -1.99. The number of benzene rings is 1. The molecule has 2 N–H and O–H groups in total. The van der Waals surface area contributed by atoms with E-state index in [9.17, 15) is 4.79 Å². The van der Waals surface area contributed by atoms with Crippen LogP contribution in [0.4, 0.5) is 0 Å². The average molecular weight is 148 g/mol. The summed E-state index contributed by atoms with van der Waals surface area (Å²) in [5.74, 6) is -1.13. The Labute approximate surface area is 64.7 Å². The highest BCUT2D eigenvalue weighted by Crippen LogP contribution is 2.06. The minimum absolute atomic E-state index is 0.00259. The lowest BCUT2D eigenvalue weighted by Crippen LogP contribution is -2.14. The molecular weight excluding hydrogens is 143 g/mol. The third-order valence-corrected chi connectivity index (χ3v) is 1.27. The predicted molar refractivity (Wildman–Crippen MR) is 40.5 cm³/mol. The molecule has 0 bridgehead atoms. The van der Waals surface area contributed by atoms with E-state index in [4.69, 9.17) is 18.1 Å². The van der Waals surface area contributed by atoms with E-state index < -0.39 is 5.97 Å². The Kier molecular flexibility index (Phi) is 1.85. The number of phenolic OH excluding ortho intramolecular Hbond substituents is 1. The molecule has 0 spiro atoms. The van der Waals surface area contributed by atoms with Crippen LogP contribution in [-0.4, -0.2) is 24.0 Å². The van der Waals surface area contributed by atoms with E-state index in [1.165, 1.54) is 18.2 Å². The number of hydrogen-bond acceptors (Lipinski definition) is 2. The maximum atomic E-state index is 10.4. The quantitative estimate of drug-likeness (QED) is 0.546. The first-order valence-electron chi connectivity index (χ1n) is 2.93. The standard InChI is InChI=1S/C7H5BO3/c8-6-3-4(9)1-2-5(6)7(10)11/h1-3,9H,(H,10,11). The summed E-state index contributed by atoms with van der Waals surface area (Å²) >= 11 is 0. The molecule has 3 nitrogen and oxygen atoms in total. The second-order valence-corrected chi connectivity index (χ2v) is 2.08. The lowest BCUT2D eigenvalue weighted by molar-refractivity contribution is 0.0698. The Morgan fingerprint density at radius 1 is 1.45 bits per heavy atom. The Bertz CT molecular complexity index is 296. The smallest absolute Gasteiger partial charge is 0.335 e. The molecule has 0 amide bonds. The Balaban J connectivity index is 3.20. The number of aromatic hydroxyl groups is 1. The van der Waals surface area contributed by atoms with Gasteiger partial charge in [0, 0.05) is 0 Å². The molecule has 0 unspecified atom stereocenters. The first-order chi connectivity index (χ1) is 5.11. The third-order valence-electron chi connectivity index (χ3n) is 1.27. The van der Waals surface area contributed by atoms with Crippen LogP contribution in [0.3, 0.4) is 0 Å². The SMILES string of the molecule is [B]c1cc(O)ccc1C(=O)O. The van der Waals surface area contributed by atoms with Gasteiger partial charge >= 0.3 is 5.97 Å². The van der Waals surface area contributed by atoms with Crippen molar-refractivity contribution in [2.45, 2.75) is 0 Å². The van der Waals surface area contributed by atoms with Crippen molar-refractivity contribution in [3.8, 4) is 5.75 Å². The summed E-state index contributed by atoms with van der Waals surface area (Å²) in [6.07, 6.45) is 0. The zero-order valence-corrected chi connectivity index (χ0v) is 5.61. The van der Waals surface area contributed by atoms with Gasteiger partial charge in [-0.15, -0.1) is 0 Å². The maximum Gasteiger partial charge on any atom is 0.335 e. The fourth-order valence-electron chi connectivity index (χ4n) is 0.745. The van der Waals surface area contributed by atoms with Crippen LogP contribution >= 0.6 is 0 Å². The van der Waals surface area contributed by atoms with Crippen LogP contribution in [-0.2, 0) is 0 Å². The lowest BCUT2D eigenvalue weighted by atomic mass is 9.90. The van der Waals surface area contributed by atoms with Gasteiger partial charge < -0.3 is 10.2 Å². The largest absolute Gasteiger partial charge is 0.508 e. The van der Waals surface area contributed by atoms with Crippen molar-refractivity contribution in [1.82, 2.24) is 0 Å². The molecule has 0 aliphatic rings. The van der Waals surface area contributed by atoms with Gasteiger partial charge in [0.15, 0.2) is 0 Å². The molecule has 0 aliphatic carbocycles. The van der Waals surface area contributed by atoms with Gasteiger partial charge in [-0.3, -0.25) is 0 Å². The fraction of sp³-hybridized carbons (Fsp3) is 0. The van der Waals surface area contributed by atoms with Crippen molar-refractivity contribution in [1.29, 1.82) is 0 Å². The number of carboxylic acid groups (broad SMARTS) is 1. The van der Waals surface area contributed by atoms with Crippen molar-refractivity contribution in [2.75, 3.05) is 0 Å². The number of carbonyl (C=O) groups is 1. The van der Waals surface area contributed by atoms with Crippen LogP contribution in [0.25, 0.3) is 0 Å². The molecule has 2 radical (unpaired) electrons. The maximum absolute atomic E-state index is 10.4. The second kappa shape index (κ2) is 2.66. The van der Waals surface area contributed by atoms with Crippen molar-refractivity contribution in [2.24, 2.45) is 0 Å². The van der Waals surface area contributed by atoms with E-state index in [1.807, 2.05) is 0 Å². The highest BCUT2D eigenvalue weighted by atomic mass is 16.4. The summed E-state index contributed by atoms with van der Waals surface area (Å²) in [5, 5.41) is 17.3. The minimum Gasteiger partial charge on any atom is -0.508 e. The van der Waals surface area contributed by atoms with Crippen LogP contribution in [0.2, 0.25) is 0 Å². The summed E-state index contributed by atoms with van der Waals surface area (Å²) in [4.78, 5) is 10.4. The van der Waals surface area contributed by atoms with E-state index in [2.05, 4.69) is 0 Å². The molecule has 0 aliphatic heterocycles. The first-order valence-corrected chi connectivity index (χ1v) is 2.93. The van der Waals surface area contributed by atoms with Crippen LogP contribution < -0.4 is 5.46 Å². The van der Waals surface area contributed by atoms with Crippen LogP contribution in [0.1, 0.15) is 10.4 Å². The number of rotatable bonds is 1. The van der Waals surface area contributed by atoms with Crippen LogP contribution in [0, 0.1) is 0 Å². The van der Waals surface area contributed by atoms with Gasteiger partial charge in [-0.05, 0) is 18.2 Å².